The fraction of sp³-hybridized carbons (Fsp3) is 0.471. The van der Waals surface area contributed by atoms with E-state index in [1.165, 1.54) is 21.7 Å². The van der Waals surface area contributed by atoms with Crippen molar-refractivity contribution in [2.45, 2.75) is 37.0 Å². The molecular weight excluding hydrogens is 360 g/mol. The molecule has 3 heterocycles. The Bertz CT molecular complexity index is 930. The second-order valence-corrected chi connectivity index (χ2v) is 9.53. The number of thiophene rings is 1. The van der Waals surface area contributed by atoms with Gasteiger partial charge >= 0.3 is 0 Å². The van der Waals surface area contributed by atoms with Gasteiger partial charge in [-0.05, 0) is 38.0 Å². The third-order valence-corrected chi connectivity index (χ3v) is 8.03. The van der Waals surface area contributed by atoms with Crippen LogP contribution in [0.25, 0.3) is 0 Å². The van der Waals surface area contributed by atoms with Gasteiger partial charge in [0, 0.05) is 30.2 Å². The zero-order chi connectivity index (χ0) is 18.2. The van der Waals surface area contributed by atoms with E-state index in [9.17, 15) is 13.2 Å². The number of hydrogen-bond acceptors (Lipinski definition) is 5. The number of rotatable bonds is 5. The van der Waals surface area contributed by atoms with E-state index in [1.807, 2.05) is 19.9 Å². The molecule has 0 amide bonds. The maximum absolute atomic E-state index is 12.7. The smallest absolute Gasteiger partial charge is 0.254 e. The van der Waals surface area contributed by atoms with Crippen LogP contribution in [0.15, 0.2) is 33.3 Å². The monoisotopic (exact) mass is 382 g/mol. The maximum Gasteiger partial charge on any atom is 0.254 e. The summed E-state index contributed by atoms with van der Waals surface area (Å²) in [5.41, 5.74) is 0.666. The number of aromatic nitrogens is 1. The molecule has 0 aromatic carbocycles. The first-order valence-electron chi connectivity index (χ1n) is 8.24. The van der Waals surface area contributed by atoms with E-state index in [-0.39, 0.29) is 11.7 Å². The molecule has 3 rings (SSSR count). The highest BCUT2D eigenvalue weighted by Crippen LogP contribution is 2.28. The first-order chi connectivity index (χ1) is 11.8. The molecule has 1 aliphatic heterocycles. The fourth-order valence-corrected chi connectivity index (χ4v) is 5.76. The zero-order valence-electron chi connectivity index (χ0n) is 14.6. The van der Waals surface area contributed by atoms with Gasteiger partial charge in [-0.3, -0.25) is 4.79 Å². The molecule has 0 spiro atoms. The van der Waals surface area contributed by atoms with Crippen molar-refractivity contribution in [2.75, 3.05) is 13.1 Å². The van der Waals surface area contributed by atoms with Crippen LogP contribution in [0.2, 0.25) is 0 Å². The molecule has 1 atom stereocenters. The third-order valence-electron chi connectivity index (χ3n) is 4.47. The number of ether oxygens (including phenoxy) is 1. The van der Waals surface area contributed by atoms with Crippen molar-refractivity contribution < 1.29 is 13.2 Å². The second kappa shape index (κ2) is 6.93. The number of aryl methyl sites for hydroxylation is 2. The quantitative estimate of drug-likeness (QED) is 0.795. The Hall–Kier alpha value is -1.64. The van der Waals surface area contributed by atoms with Crippen LogP contribution in [0, 0.1) is 6.92 Å². The highest BCUT2D eigenvalue weighted by molar-refractivity contribution is 7.91. The van der Waals surface area contributed by atoms with Crippen LogP contribution in [-0.2, 0) is 23.5 Å². The molecule has 1 aliphatic rings. The molecule has 0 aliphatic carbocycles. The van der Waals surface area contributed by atoms with Gasteiger partial charge in [0.25, 0.3) is 15.6 Å². The van der Waals surface area contributed by atoms with Crippen LogP contribution in [0.5, 0.6) is 5.75 Å². The van der Waals surface area contributed by atoms with Crippen molar-refractivity contribution in [3.8, 4) is 5.75 Å². The number of sulfonamides is 1. The molecule has 0 saturated carbocycles. The van der Waals surface area contributed by atoms with Crippen LogP contribution in [-0.4, -0.2) is 36.5 Å². The predicted molar refractivity (Wildman–Crippen MR) is 97.9 cm³/mol. The lowest BCUT2D eigenvalue weighted by atomic mass is 10.3. The van der Waals surface area contributed by atoms with Crippen LogP contribution >= 0.6 is 11.3 Å². The molecule has 136 valence electrons. The Morgan fingerprint density at radius 3 is 2.72 bits per heavy atom. The van der Waals surface area contributed by atoms with Gasteiger partial charge in [0.1, 0.15) is 16.1 Å². The molecule has 8 heteroatoms. The lowest BCUT2D eigenvalue weighted by Gasteiger charge is -2.17. The van der Waals surface area contributed by atoms with Crippen molar-refractivity contribution in [1.29, 1.82) is 0 Å². The number of pyridine rings is 1. The second-order valence-electron chi connectivity index (χ2n) is 6.20. The molecular formula is C17H22N2O4S2. The van der Waals surface area contributed by atoms with E-state index in [0.717, 1.165) is 17.0 Å². The van der Waals surface area contributed by atoms with E-state index < -0.39 is 10.0 Å². The average Bonchev–Trinajstić information content (AvgIpc) is 3.22. The molecule has 1 saturated heterocycles. The molecule has 6 nitrogen and oxygen atoms in total. The largest absolute Gasteiger partial charge is 0.489 e. The Kier molecular flexibility index (Phi) is 5.04. The fourth-order valence-electron chi connectivity index (χ4n) is 2.82. The Balaban J connectivity index is 1.72. The third kappa shape index (κ3) is 3.65. The minimum Gasteiger partial charge on any atom is -0.489 e. The highest BCUT2D eigenvalue weighted by Gasteiger charge is 2.34. The summed E-state index contributed by atoms with van der Waals surface area (Å²) in [6.07, 6.45) is 1.19. The topological polar surface area (TPSA) is 68.6 Å². The normalized spacial score (nSPS) is 18.6. The molecule has 2 aromatic heterocycles. The van der Waals surface area contributed by atoms with E-state index >= 15 is 0 Å². The van der Waals surface area contributed by atoms with E-state index in [0.29, 0.717) is 29.5 Å². The summed E-state index contributed by atoms with van der Waals surface area (Å²) >= 11 is 1.32. The Morgan fingerprint density at radius 1 is 1.32 bits per heavy atom. The first-order valence-corrected chi connectivity index (χ1v) is 10.5. The van der Waals surface area contributed by atoms with Gasteiger partial charge in [-0.25, -0.2) is 8.42 Å². The SMILES string of the molecule is CCc1ccc(S(=O)(=O)N2CCC(Oc3cc(C)n(C)c(=O)c3)C2)s1. The molecule has 2 aromatic rings. The molecule has 0 radical (unpaired) electrons. The summed E-state index contributed by atoms with van der Waals surface area (Å²) in [4.78, 5) is 12.9. The standard InChI is InChI=1S/C17H22N2O4S2/c1-4-15-5-6-17(24-15)25(21,22)19-8-7-13(11-19)23-14-9-12(2)18(3)16(20)10-14/h5-6,9-10,13H,4,7-8,11H2,1-3H3. The first kappa shape index (κ1) is 18.2. The highest BCUT2D eigenvalue weighted by atomic mass is 32.2. The van der Waals surface area contributed by atoms with Gasteiger partial charge in [0.15, 0.2) is 0 Å². The Morgan fingerprint density at radius 2 is 2.08 bits per heavy atom. The molecule has 0 N–H and O–H groups in total. The van der Waals surface area contributed by atoms with E-state index in [4.69, 9.17) is 4.74 Å². The number of nitrogens with zero attached hydrogens (tertiary/aromatic N) is 2. The molecule has 1 fully saturated rings. The minimum atomic E-state index is -3.47. The van der Waals surface area contributed by atoms with Crippen LogP contribution < -0.4 is 10.3 Å². The van der Waals surface area contributed by atoms with Crippen molar-refractivity contribution >= 4 is 21.4 Å². The van der Waals surface area contributed by atoms with Gasteiger partial charge < -0.3 is 9.30 Å². The van der Waals surface area contributed by atoms with Gasteiger partial charge in [-0.1, -0.05) is 6.92 Å². The lowest BCUT2D eigenvalue weighted by molar-refractivity contribution is 0.214. The van der Waals surface area contributed by atoms with Gasteiger partial charge in [0.05, 0.1) is 6.54 Å². The van der Waals surface area contributed by atoms with Crippen molar-refractivity contribution in [2.24, 2.45) is 7.05 Å². The van der Waals surface area contributed by atoms with Crippen LogP contribution in [0.4, 0.5) is 0 Å². The zero-order valence-corrected chi connectivity index (χ0v) is 16.2. The molecule has 0 bridgehead atoms. The van der Waals surface area contributed by atoms with Crippen molar-refractivity contribution in [3.63, 3.8) is 0 Å². The summed E-state index contributed by atoms with van der Waals surface area (Å²) in [6.45, 7) is 4.57. The predicted octanol–water partition coefficient (Wildman–Crippen LogP) is 2.16. The van der Waals surface area contributed by atoms with Crippen molar-refractivity contribution in [3.05, 3.63) is 45.2 Å². The molecule has 25 heavy (non-hydrogen) atoms. The Labute approximate surface area is 151 Å². The van der Waals surface area contributed by atoms with Crippen LogP contribution in [0.1, 0.15) is 23.9 Å². The van der Waals surface area contributed by atoms with Crippen LogP contribution in [0.3, 0.4) is 0 Å². The lowest BCUT2D eigenvalue weighted by Crippen LogP contribution is -2.30. The van der Waals surface area contributed by atoms with Gasteiger partial charge in [0.2, 0.25) is 0 Å². The van der Waals surface area contributed by atoms with E-state index in [2.05, 4.69) is 0 Å². The van der Waals surface area contributed by atoms with Gasteiger partial charge in [-0.15, -0.1) is 11.3 Å². The average molecular weight is 383 g/mol. The summed E-state index contributed by atoms with van der Waals surface area (Å²) in [5, 5.41) is 0. The van der Waals surface area contributed by atoms with Gasteiger partial charge in [-0.2, -0.15) is 4.31 Å². The summed E-state index contributed by atoms with van der Waals surface area (Å²) in [5.74, 6) is 0.495. The molecule has 1 unspecified atom stereocenters. The number of hydrogen-bond donors (Lipinski definition) is 0. The van der Waals surface area contributed by atoms with E-state index in [1.54, 1.807) is 23.7 Å². The van der Waals surface area contributed by atoms with Crippen molar-refractivity contribution in [1.82, 2.24) is 8.87 Å². The minimum absolute atomic E-state index is 0.136. The summed E-state index contributed by atoms with van der Waals surface area (Å²) in [7, 11) is -1.76. The summed E-state index contributed by atoms with van der Waals surface area (Å²) < 4.78 is 34.7. The summed E-state index contributed by atoms with van der Waals surface area (Å²) in [6, 6.07) is 6.78. The maximum atomic E-state index is 12.7.